The second-order valence-electron chi connectivity index (χ2n) is 12.1. The molecule has 0 aromatic heterocycles. The lowest BCUT2D eigenvalue weighted by molar-refractivity contribution is -0.362. The van der Waals surface area contributed by atoms with Gasteiger partial charge < -0.3 is 15.7 Å². The highest BCUT2D eigenvalue weighted by atomic mass is 19.4. The minimum atomic E-state index is -5.88. The van der Waals surface area contributed by atoms with Crippen molar-refractivity contribution >= 4 is 11.8 Å². The molecule has 0 unspecified atom stereocenters. The van der Waals surface area contributed by atoms with E-state index in [4.69, 9.17) is 0 Å². The van der Waals surface area contributed by atoms with Crippen molar-refractivity contribution in [1.82, 2.24) is 10.6 Å². The van der Waals surface area contributed by atoms with Crippen molar-refractivity contribution in [3.63, 3.8) is 0 Å². The van der Waals surface area contributed by atoms with E-state index in [0.717, 1.165) is 27.8 Å². The maximum Gasteiger partial charge on any atom is 0.456 e. The number of urea groups is 1. The summed E-state index contributed by atoms with van der Waals surface area (Å²) in [5.74, 6) is -6.55. The highest BCUT2D eigenvalue weighted by Gasteiger charge is 2.79. The molecule has 5 atom stereocenters. The van der Waals surface area contributed by atoms with Crippen molar-refractivity contribution in [1.29, 1.82) is 0 Å². The van der Waals surface area contributed by atoms with Crippen molar-refractivity contribution in [2.24, 2.45) is 17.3 Å². The number of rotatable bonds is 6. The van der Waals surface area contributed by atoms with Crippen LogP contribution in [0.15, 0.2) is 59.7 Å². The fraction of sp³-hybridized carbons (Fsp3) is 0.548. The van der Waals surface area contributed by atoms with E-state index in [1.54, 1.807) is 24.3 Å². The van der Waals surface area contributed by atoms with Crippen molar-refractivity contribution in [2.75, 3.05) is 6.54 Å². The van der Waals surface area contributed by atoms with Crippen LogP contribution in [-0.2, 0) is 11.3 Å². The van der Waals surface area contributed by atoms with Crippen LogP contribution in [0.2, 0.25) is 0 Å². The molecule has 3 N–H and O–H groups in total. The van der Waals surface area contributed by atoms with Crippen molar-refractivity contribution < 1.29 is 36.6 Å². The van der Waals surface area contributed by atoms with E-state index in [1.807, 2.05) is 12.1 Å². The van der Waals surface area contributed by atoms with E-state index in [1.165, 1.54) is 6.92 Å². The molecule has 1 aromatic rings. The van der Waals surface area contributed by atoms with E-state index >= 15 is 8.78 Å². The first-order valence-corrected chi connectivity index (χ1v) is 14.1. The molecule has 10 heteroatoms. The molecule has 2 saturated carbocycles. The predicted molar refractivity (Wildman–Crippen MR) is 143 cm³/mol. The molecule has 5 rings (SSSR count). The number of fused-ring (bicyclic) bond motifs is 4. The Balaban J connectivity index is 1.54. The number of amides is 2. The van der Waals surface area contributed by atoms with Crippen LogP contribution in [0.1, 0.15) is 68.9 Å². The number of alkyl halides is 5. The topological polar surface area (TPSA) is 78.4 Å². The molecule has 0 spiro atoms. The molecule has 0 bridgehead atoms. The average Bonchev–Trinajstić information content (AvgIpc) is 3.21. The summed E-state index contributed by atoms with van der Waals surface area (Å²) >= 11 is 0. The third kappa shape index (κ3) is 4.72. The fourth-order valence-corrected chi connectivity index (χ4v) is 7.99. The fourth-order valence-electron chi connectivity index (χ4n) is 7.99. The largest absolute Gasteiger partial charge is 0.456 e. The van der Waals surface area contributed by atoms with Gasteiger partial charge in [0.05, 0.1) is 0 Å². The van der Waals surface area contributed by atoms with E-state index < -0.39 is 41.4 Å². The number of halogens is 5. The van der Waals surface area contributed by atoms with E-state index in [0.29, 0.717) is 32.2 Å². The summed E-state index contributed by atoms with van der Waals surface area (Å²) in [5, 5.41) is 16.7. The standard InChI is InChI=1S/C31H35F5N2O3/c1-3-14-37-27(40)38-17-18-4-6-19(7-5-18)24-16-28(2)25(12-13-29(28,41)30(32,33)31(34,35)36)23-10-8-20-15-21(39)9-11-22(20)26(23)24/h3-7,15,23-25,41H,1,8-14,16-17H2,2H3,(H2,37,38,40)/t23-,24+,25-,28-,29-/m0/s1. The van der Waals surface area contributed by atoms with Crippen LogP contribution in [0.4, 0.5) is 26.7 Å². The number of ketones is 1. The summed E-state index contributed by atoms with van der Waals surface area (Å²) in [7, 11) is 0. The molecule has 41 heavy (non-hydrogen) atoms. The Kier molecular flexibility index (Phi) is 7.45. The lowest BCUT2D eigenvalue weighted by Gasteiger charge is -2.56. The molecule has 0 saturated heterocycles. The second-order valence-corrected chi connectivity index (χ2v) is 12.1. The summed E-state index contributed by atoms with van der Waals surface area (Å²) in [6.07, 6.45) is -1.37. The average molecular weight is 579 g/mol. The van der Waals surface area contributed by atoms with Crippen molar-refractivity contribution in [3.05, 3.63) is 70.8 Å². The van der Waals surface area contributed by atoms with Gasteiger partial charge in [-0.1, -0.05) is 42.8 Å². The molecule has 0 radical (unpaired) electrons. The second kappa shape index (κ2) is 10.4. The molecule has 222 valence electrons. The molecule has 2 amide bonds. The molecular formula is C31H35F5N2O3. The summed E-state index contributed by atoms with van der Waals surface area (Å²) in [4.78, 5) is 24.1. The number of benzene rings is 1. The van der Waals surface area contributed by atoms with Crippen LogP contribution in [0.5, 0.6) is 0 Å². The molecule has 0 heterocycles. The van der Waals surface area contributed by atoms with Crippen LogP contribution >= 0.6 is 0 Å². The summed E-state index contributed by atoms with van der Waals surface area (Å²) in [5.41, 5.74) is -0.423. The number of hydrogen-bond donors (Lipinski definition) is 3. The van der Waals surface area contributed by atoms with Crippen LogP contribution < -0.4 is 10.6 Å². The van der Waals surface area contributed by atoms with Gasteiger partial charge in [0.1, 0.15) is 5.60 Å². The van der Waals surface area contributed by atoms with Crippen LogP contribution in [0, 0.1) is 17.3 Å². The molecule has 2 fully saturated rings. The van der Waals surface area contributed by atoms with Crippen molar-refractivity contribution in [3.8, 4) is 0 Å². The van der Waals surface area contributed by atoms with Gasteiger partial charge >= 0.3 is 18.1 Å². The quantitative estimate of drug-likeness (QED) is 0.266. The lowest BCUT2D eigenvalue weighted by atomic mass is 9.50. The number of aliphatic hydroxyl groups is 1. The molecular weight excluding hydrogens is 543 g/mol. The van der Waals surface area contributed by atoms with Crippen LogP contribution in [0.25, 0.3) is 0 Å². The predicted octanol–water partition coefficient (Wildman–Crippen LogP) is 6.50. The Labute approximate surface area is 236 Å². The molecule has 4 aliphatic carbocycles. The van der Waals surface area contributed by atoms with Crippen molar-refractivity contribution in [2.45, 2.75) is 82.0 Å². The smallest absolute Gasteiger partial charge is 0.383 e. The Bertz CT molecular complexity index is 1300. The van der Waals surface area contributed by atoms with Gasteiger partial charge in [0.15, 0.2) is 5.78 Å². The lowest BCUT2D eigenvalue weighted by Crippen LogP contribution is -2.65. The normalized spacial score (nSPS) is 31.5. The number of carbonyl (C=O) groups excluding carboxylic acids is 2. The first-order chi connectivity index (χ1) is 19.2. The maximum absolute atomic E-state index is 15.1. The van der Waals surface area contributed by atoms with Gasteiger partial charge in [-0.15, -0.1) is 6.58 Å². The summed E-state index contributed by atoms with van der Waals surface area (Å²) < 4.78 is 71.4. The molecule has 0 aliphatic heterocycles. The highest BCUT2D eigenvalue weighted by Crippen LogP contribution is 2.70. The van der Waals surface area contributed by atoms with E-state index in [2.05, 4.69) is 17.2 Å². The van der Waals surface area contributed by atoms with Gasteiger partial charge in [0.2, 0.25) is 0 Å². The van der Waals surface area contributed by atoms with E-state index in [-0.39, 0.29) is 37.1 Å². The van der Waals surface area contributed by atoms with Gasteiger partial charge in [-0.25, -0.2) is 4.79 Å². The van der Waals surface area contributed by atoms with Crippen LogP contribution in [-0.4, -0.2) is 41.2 Å². The van der Waals surface area contributed by atoms with Gasteiger partial charge in [-0.2, -0.15) is 22.0 Å². The number of hydrogen-bond acceptors (Lipinski definition) is 3. The molecule has 5 nitrogen and oxygen atoms in total. The number of nitrogens with one attached hydrogen (secondary N) is 2. The molecule has 1 aromatic carbocycles. The number of carbonyl (C=O) groups is 2. The van der Waals surface area contributed by atoms with Gasteiger partial charge in [-0.3, -0.25) is 4.79 Å². The molecule has 4 aliphatic rings. The van der Waals surface area contributed by atoms with Gasteiger partial charge in [0, 0.05) is 30.8 Å². The zero-order chi connectivity index (χ0) is 29.8. The Morgan fingerprint density at radius 3 is 2.46 bits per heavy atom. The minimum Gasteiger partial charge on any atom is -0.383 e. The first-order valence-electron chi connectivity index (χ1n) is 14.1. The summed E-state index contributed by atoms with van der Waals surface area (Å²) in [6.45, 7) is 5.50. The zero-order valence-corrected chi connectivity index (χ0v) is 22.9. The summed E-state index contributed by atoms with van der Waals surface area (Å²) in [6, 6.07) is 6.87. The number of allylic oxidation sites excluding steroid dienone is 4. The Morgan fingerprint density at radius 2 is 1.80 bits per heavy atom. The minimum absolute atomic E-state index is 0.0361. The highest BCUT2D eigenvalue weighted by molar-refractivity contribution is 5.93. The first kappa shape index (κ1) is 29.5. The third-order valence-electron chi connectivity index (χ3n) is 10.0. The van der Waals surface area contributed by atoms with E-state index in [9.17, 15) is 27.9 Å². The van der Waals surface area contributed by atoms with Gasteiger partial charge in [0.25, 0.3) is 0 Å². The van der Waals surface area contributed by atoms with Gasteiger partial charge in [-0.05, 0) is 78.7 Å². The maximum atomic E-state index is 15.1. The third-order valence-corrected chi connectivity index (χ3v) is 10.0. The Hall–Kier alpha value is -3.01. The zero-order valence-electron chi connectivity index (χ0n) is 22.9. The monoisotopic (exact) mass is 578 g/mol. The Morgan fingerprint density at radius 1 is 1.10 bits per heavy atom. The van der Waals surface area contributed by atoms with Crippen LogP contribution in [0.3, 0.4) is 0 Å². The SMILES string of the molecule is C=CCNC(=O)NCc1ccc([C@H]2C[C@@]3(C)[C@@H](CC[C@@]3(O)C(F)(F)C(F)(F)F)[C@@H]3CCC4=CC(=O)CCC4=C32)cc1.